The SMILES string of the molecule is CCOc1cc(C(F)(F)F)ccc1C1=NC(c2ccc(Cl)cc2)C(c2ccc(Cl)cc2)N1C(=O)N1CCN(CCC#N)CC1.Cl. The topological polar surface area (TPSA) is 72.2 Å². The van der Waals surface area contributed by atoms with E-state index in [9.17, 15) is 18.0 Å². The molecule has 0 aliphatic carbocycles. The van der Waals surface area contributed by atoms with Crippen molar-refractivity contribution < 1.29 is 22.7 Å². The van der Waals surface area contributed by atoms with Crippen LogP contribution in [0.1, 0.15) is 47.7 Å². The van der Waals surface area contributed by atoms with E-state index in [1.54, 1.807) is 41.0 Å². The molecule has 45 heavy (non-hydrogen) atoms. The van der Waals surface area contributed by atoms with Crippen LogP contribution in [0.15, 0.2) is 71.7 Å². The summed E-state index contributed by atoms with van der Waals surface area (Å²) >= 11 is 12.4. The summed E-state index contributed by atoms with van der Waals surface area (Å²) in [7, 11) is 0. The van der Waals surface area contributed by atoms with E-state index in [1.165, 1.54) is 6.07 Å². The summed E-state index contributed by atoms with van der Waals surface area (Å²) in [6, 6.07) is 18.0. The maximum absolute atomic E-state index is 14.5. The van der Waals surface area contributed by atoms with Gasteiger partial charge >= 0.3 is 12.2 Å². The van der Waals surface area contributed by atoms with Gasteiger partial charge < -0.3 is 9.64 Å². The molecule has 3 aromatic carbocycles. The van der Waals surface area contributed by atoms with E-state index in [-0.39, 0.29) is 42.2 Å². The minimum absolute atomic E-state index is 0. The lowest BCUT2D eigenvalue weighted by atomic mass is 9.93. The number of ether oxygens (including phenoxy) is 1. The molecule has 0 aromatic heterocycles. The number of benzene rings is 3. The summed E-state index contributed by atoms with van der Waals surface area (Å²) in [5.41, 5.74) is 0.932. The van der Waals surface area contributed by atoms with Gasteiger partial charge in [-0.15, -0.1) is 12.4 Å². The van der Waals surface area contributed by atoms with Gasteiger partial charge in [0, 0.05) is 49.2 Å². The van der Waals surface area contributed by atoms with Crippen LogP contribution in [0.4, 0.5) is 18.0 Å². The van der Waals surface area contributed by atoms with Crippen molar-refractivity contribution in [2.24, 2.45) is 4.99 Å². The first-order valence-electron chi connectivity index (χ1n) is 14.2. The Morgan fingerprint density at radius 2 is 1.58 bits per heavy atom. The van der Waals surface area contributed by atoms with Crippen molar-refractivity contribution in [1.29, 1.82) is 5.26 Å². The van der Waals surface area contributed by atoms with Gasteiger partial charge in [-0.1, -0.05) is 47.5 Å². The molecule has 2 aliphatic rings. The normalized spacial score (nSPS) is 18.6. The Balaban J connectivity index is 0.00000461. The number of alkyl halides is 3. The lowest BCUT2D eigenvalue weighted by Crippen LogP contribution is -2.54. The summed E-state index contributed by atoms with van der Waals surface area (Å²) in [4.78, 5) is 25.0. The number of halogens is 6. The highest BCUT2D eigenvalue weighted by atomic mass is 35.5. The molecule has 3 aromatic rings. The van der Waals surface area contributed by atoms with Gasteiger partial charge in [0.05, 0.1) is 29.8 Å². The number of urea groups is 1. The van der Waals surface area contributed by atoms with E-state index in [0.29, 0.717) is 49.2 Å². The summed E-state index contributed by atoms with van der Waals surface area (Å²) in [6.45, 7) is 4.42. The van der Waals surface area contributed by atoms with E-state index in [1.807, 2.05) is 24.3 Å². The molecule has 2 heterocycles. The predicted molar refractivity (Wildman–Crippen MR) is 170 cm³/mol. The van der Waals surface area contributed by atoms with Crippen LogP contribution in [0.5, 0.6) is 5.75 Å². The molecule has 0 bridgehead atoms. The molecule has 1 fully saturated rings. The molecule has 2 aliphatic heterocycles. The van der Waals surface area contributed by atoms with Crippen molar-refractivity contribution in [3.8, 4) is 11.8 Å². The highest BCUT2D eigenvalue weighted by Crippen LogP contribution is 2.46. The lowest BCUT2D eigenvalue weighted by Gasteiger charge is -2.39. The van der Waals surface area contributed by atoms with Crippen molar-refractivity contribution in [3.05, 3.63) is 99.0 Å². The van der Waals surface area contributed by atoms with Crippen molar-refractivity contribution in [2.75, 3.05) is 39.3 Å². The third kappa shape index (κ3) is 7.67. The lowest BCUT2D eigenvalue weighted by molar-refractivity contribution is -0.137. The first kappa shape index (κ1) is 34.4. The molecule has 0 saturated carbocycles. The van der Waals surface area contributed by atoms with Gasteiger partial charge in [0.25, 0.3) is 0 Å². The number of nitrogens with zero attached hydrogens (tertiary/aromatic N) is 5. The fourth-order valence-corrected chi connectivity index (χ4v) is 5.79. The Kier molecular flexibility index (Phi) is 11.3. The third-order valence-electron chi connectivity index (χ3n) is 7.73. The highest BCUT2D eigenvalue weighted by molar-refractivity contribution is 6.30. The van der Waals surface area contributed by atoms with Crippen LogP contribution in [-0.2, 0) is 6.18 Å². The minimum Gasteiger partial charge on any atom is -0.493 e. The number of amidine groups is 1. The molecule has 13 heteroatoms. The standard InChI is InChI=1S/C32H30Cl2F3N5O2.ClH/c1-2-44-27-20-23(32(35,36)37)8-13-26(27)30-39-28(21-4-9-24(33)10-5-21)29(22-6-11-25(34)12-7-22)42(30)31(43)41-18-16-40(17-19-41)15-3-14-38;/h4-13,20,28-29H,2-3,15-19H2,1H3;1H. The van der Waals surface area contributed by atoms with Crippen LogP contribution in [0.2, 0.25) is 10.0 Å². The number of hydrogen-bond acceptors (Lipinski definition) is 5. The van der Waals surface area contributed by atoms with Gasteiger partial charge in [-0.2, -0.15) is 18.4 Å². The zero-order valence-corrected chi connectivity index (χ0v) is 26.6. The number of hydrogen-bond donors (Lipinski definition) is 0. The maximum Gasteiger partial charge on any atom is 0.416 e. The van der Waals surface area contributed by atoms with Gasteiger partial charge in [-0.25, -0.2) is 4.79 Å². The molecule has 2 amide bonds. The van der Waals surface area contributed by atoms with E-state index in [4.69, 9.17) is 38.2 Å². The molecule has 0 spiro atoms. The molecule has 2 atom stereocenters. The third-order valence-corrected chi connectivity index (χ3v) is 8.23. The average molecular weight is 681 g/mol. The number of amides is 2. The second-order valence-electron chi connectivity index (χ2n) is 10.5. The Hall–Kier alpha value is -3.49. The van der Waals surface area contributed by atoms with E-state index in [2.05, 4.69) is 11.0 Å². The van der Waals surface area contributed by atoms with Gasteiger partial charge in [0.2, 0.25) is 0 Å². The Labute approximate surface area is 276 Å². The van der Waals surface area contributed by atoms with Gasteiger partial charge in [0.15, 0.2) is 0 Å². The molecule has 7 nitrogen and oxygen atoms in total. The van der Waals surface area contributed by atoms with Crippen molar-refractivity contribution in [3.63, 3.8) is 0 Å². The van der Waals surface area contributed by atoms with E-state index < -0.39 is 23.8 Å². The molecule has 1 saturated heterocycles. The summed E-state index contributed by atoms with van der Waals surface area (Å²) < 4.78 is 46.8. The molecule has 0 radical (unpaired) electrons. The van der Waals surface area contributed by atoms with Gasteiger partial charge in [-0.3, -0.25) is 14.8 Å². The summed E-state index contributed by atoms with van der Waals surface area (Å²) in [6.07, 6.45) is -4.19. The Morgan fingerprint density at radius 1 is 0.978 bits per heavy atom. The van der Waals surface area contributed by atoms with Crippen LogP contribution < -0.4 is 4.74 Å². The molecule has 5 rings (SSSR count). The molecule has 238 valence electrons. The van der Waals surface area contributed by atoms with Crippen LogP contribution in [0.25, 0.3) is 0 Å². The minimum atomic E-state index is -4.58. The number of carbonyl (C=O) groups is 1. The molecular formula is C32H31Cl3F3N5O2. The quantitative estimate of drug-likeness (QED) is 0.253. The summed E-state index contributed by atoms with van der Waals surface area (Å²) in [5, 5.41) is 10.0. The maximum atomic E-state index is 14.5. The second kappa shape index (κ2) is 14.7. The highest BCUT2D eigenvalue weighted by Gasteiger charge is 2.45. The number of piperazine rings is 1. The fraction of sp³-hybridized carbons (Fsp3) is 0.344. The van der Waals surface area contributed by atoms with Crippen molar-refractivity contribution >= 4 is 47.5 Å². The average Bonchev–Trinajstić information content (AvgIpc) is 3.40. The Bertz CT molecular complexity index is 1550. The first-order valence-corrected chi connectivity index (χ1v) is 15.0. The monoisotopic (exact) mass is 679 g/mol. The fourth-order valence-electron chi connectivity index (χ4n) is 5.54. The van der Waals surface area contributed by atoms with Crippen LogP contribution in [0, 0.1) is 11.3 Å². The molecule has 0 N–H and O–H groups in total. The zero-order valence-electron chi connectivity index (χ0n) is 24.3. The van der Waals surface area contributed by atoms with E-state index >= 15 is 0 Å². The van der Waals surface area contributed by atoms with Crippen molar-refractivity contribution in [2.45, 2.75) is 31.6 Å². The van der Waals surface area contributed by atoms with Gasteiger partial charge in [0.1, 0.15) is 17.6 Å². The van der Waals surface area contributed by atoms with Gasteiger partial charge in [-0.05, 0) is 60.5 Å². The predicted octanol–water partition coefficient (Wildman–Crippen LogP) is 8.03. The van der Waals surface area contributed by atoms with Crippen LogP contribution in [0.3, 0.4) is 0 Å². The Morgan fingerprint density at radius 3 is 2.13 bits per heavy atom. The largest absolute Gasteiger partial charge is 0.493 e. The number of rotatable bonds is 7. The molecule has 2 unspecified atom stereocenters. The molecular weight excluding hydrogens is 650 g/mol. The zero-order chi connectivity index (χ0) is 31.4. The summed E-state index contributed by atoms with van der Waals surface area (Å²) in [5.74, 6) is 0.186. The van der Waals surface area contributed by atoms with Crippen LogP contribution in [-0.4, -0.2) is 65.9 Å². The van der Waals surface area contributed by atoms with E-state index in [0.717, 1.165) is 23.3 Å². The van der Waals surface area contributed by atoms with Crippen LogP contribution >= 0.6 is 35.6 Å². The number of aliphatic imine (C=N–C) groups is 1. The van der Waals surface area contributed by atoms with Crippen molar-refractivity contribution in [1.82, 2.24) is 14.7 Å². The number of carbonyl (C=O) groups excluding carboxylic acids is 1. The first-order chi connectivity index (χ1) is 21.1. The smallest absolute Gasteiger partial charge is 0.416 e. The number of nitriles is 1. The second-order valence-corrected chi connectivity index (χ2v) is 11.3.